The number of benzene rings is 3. The van der Waals surface area contributed by atoms with Crippen LogP contribution in [0.1, 0.15) is 5.69 Å². The van der Waals surface area contributed by atoms with Crippen LogP contribution >= 0.6 is 0 Å². The van der Waals surface area contributed by atoms with Crippen LogP contribution in [0.4, 0.5) is 11.4 Å². The highest BCUT2D eigenvalue weighted by molar-refractivity contribution is 7.92. The third-order valence-corrected chi connectivity index (χ3v) is 6.01. The molecule has 1 heterocycles. The lowest BCUT2D eigenvalue weighted by Gasteiger charge is -2.10. The fourth-order valence-corrected chi connectivity index (χ4v) is 4.12. The van der Waals surface area contributed by atoms with Gasteiger partial charge in [-0.25, -0.2) is 13.4 Å². The van der Waals surface area contributed by atoms with Gasteiger partial charge in [0.25, 0.3) is 10.0 Å². The molecule has 0 spiro atoms. The van der Waals surface area contributed by atoms with Crippen molar-refractivity contribution in [3.8, 4) is 5.75 Å². The molecule has 0 saturated carbocycles. The number of ether oxygens (including phenoxy) is 1. The molecule has 0 aliphatic carbocycles. The van der Waals surface area contributed by atoms with E-state index in [1.165, 1.54) is 25.3 Å². The quantitative estimate of drug-likeness (QED) is 0.402. The number of aromatic nitrogens is 2. The Morgan fingerprint density at radius 3 is 2.45 bits per heavy atom. The third kappa shape index (κ3) is 5.52. The fourth-order valence-electron chi connectivity index (χ4n) is 3.01. The summed E-state index contributed by atoms with van der Waals surface area (Å²) in [4.78, 5) is 21.1. The highest BCUT2D eigenvalue weighted by atomic mass is 32.2. The number of amides is 1. The number of carbonyl (C=O) groups is 1. The summed E-state index contributed by atoms with van der Waals surface area (Å²) in [6, 6.07) is 19.9. The fraction of sp³-hybridized carbons (Fsp3) is 0.0417. The maximum atomic E-state index is 12.7. The van der Waals surface area contributed by atoms with E-state index in [0.717, 1.165) is 11.0 Å². The summed E-state index contributed by atoms with van der Waals surface area (Å²) in [7, 11) is -2.31. The Bertz CT molecular complexity index is 1430. The number of hydrogen-bond acceptors (Lipinski definition) is 6. The Labute approximate surface area is 191 Å². The molecule has 8 nitrogen and oxygen atoms in total. The van der Waals surface area contributed by atoms with E-state index in [9.17, 15) is 13.2 Å². The lowest BCUT2D eigenvalue weighted by Crippen LogP contribution is -2.14. The number of sulfonamides is 1. The molecule has 3 aromatic carbocycles. The van der Waals surface area contributed by atoms with Crippen LogP contribution in [0.25, 0.3) is 17.1 Å². The van der Waals surface area contributed by atoms with Crippen molar-refractivity contribution in [2.75, 3.05) is 17.1 Å². The predicted molar refractivity (Wildman–Crippen MR) is 127 cm³/mol. The molecule has 0 atom stereocenters. The van der Waals surface area contributed by atoms with Gasteiger partial charge in [0.15, 0.2) is 0 Å². The number of rotatable bonds is 7. The molecule has 0 saturated heterocycles. The normalized spacial score (nSPS) is 11.4. The van der Waals surface area contributed by atoms with Crippen molar-refractivity contribution >= 4 is 44.4 Å². The molecule has 33 heavy (non-hydrogen) atoms. The van der Waals surface area contributed by atoms with E-state index in [1.54, 1.807) is 48.7 Å². The van der Waals surface area contributed by atoms with E-state index in [0.29, 0.717) is 22.8 Å². The zero-order valence-electron chi connectivity index (χ0n) is 17.6. The van der Waals surface area contributed by atoms with Crippen molar-refractivity contribution in [2.24, 2.45) is 0 Å². The number of fused-ring (bicyclic) bond motifs is 1. The molecular weight excluding hydrogens is 440 g/mol. The van der Waals surface area contributed by atoms with Crippen molar-refractivity contribution in [3.05, 3.63) is 90.8 Å². The van der Waals surface area contributed by atoms with Gasteiger partial charge in [0, 0.05) is 17.5 Å². The van der Waals surface area contributed by atoms with E-state index in [2.05, 4.69) is 20.0 Å². The van der Waals surface area contributed by atoms with E-state index in [4.69, 9.17) is 4.74 Å². The first-order valence-corrected chi connectivity index (χ1v) is 11.4. The van der Waals surface area contributed by atoms with Gasteiger partial charge in [-0.1, -0.05) is 18.2 Å². The molecule has 0 fully saturated rings. The smallest absolute Gasteiger partial charge is 0.261 e. The van der Waals surface area contributed by atoms with Gasteiger partial charge in [-0.2, -0.15) is 0 Å². The predicted octanol–water partition coefficient (Wildman–Crippen LogP) is 4.09. The number of carbonyl (C=O) groups excluding carboxylic acids is 1. The molecule has 1 amide bonds. The van der Waals surface area contributed by atoms with Gasteiger partial charge in [0.05, 0.1) is 34.9 Å². The molecule has 0 aliphatic rings. The maximum Gasteiger partial charge on any atom is 0.261 e. The summed E-state index contributed by atoms with van der Waals surface area (Å²) >= 11 is 0. The molecule has 0 radical (unpaired) electrons. The van der Waals surface area contributed by atoms with Gasteiger partial charge in [-0.3, -0.25) is 14.5 Å². The summed E-state index contributed by atoms with van der Waals surface area (Å²) < 4.78 is 33.0. The highest BCUT2D eigenvalue weighted by Crippen LogP contribution is 2.21. The molecular formula is C24H20N4O4S. The minimum Gasteiger partial charge on any atom is -0.497 e. The van der Waals surface area contributed by atoms with Crippen molar-refractivity contribution in [2.45, 2.75) is 4.90 Å². The second-order valence-electron chi connectivity index (χ2n) is 6.97. The largest absolute Gasteiger partial charge is 0.497 e. The molecule has 0 unspecified atom stereocenters. The first kappa shape index (κ1) is 22.0. The average molecular weight is 461 g/mol. The molecule has 166 valence electrons. The van der Waals surface area contributed by atoms with E-state index < -0.39 is 15.9 Å². The number of hydrogen-bond donors (Lipinski definition) is 2. The van der Waals surface area contributed by atoms with Crippen molar-refractivity contribution < 1.29 is 17.9 Å². The molecule has 0 aliphatic heterocycles. The highest BCUT2D eigenvalue weighted by Gasteiger charge is 2.15. The van der Waals surface area contributed by atoms with E-state index in [-0.39, 0.29) is 4.90 Å². The van der Waals surface area contributed by atoms with Gasteiger partial charge in [0.1, 0.15) is 5.75 Å². The van der Waals surface area contributed by atoms with Crippen molar-refractivity contribution in [3.63, 3.8) is 0 Å². The van der Waals surface area contributed by atoms with Crippen LogP contribution in [0.15, 0.2) is 90.0 Å². The first-order chi connectivity index (χ1) is 15.9. The van der Waals surface area contributed by atoms with Crippen LogP contribution < -0.4 is 14.8 Å². The van der Waals surface area contributed by atoms with Crippen LogP contribution in [-0.4, -0.2) is 31.4 Å². The van der Waals surface area contributed by atoms with Gasteiger partial charge in [0.2, 0.25) is 5.91 Å². The Hall–Kier alpha value is -4.24. The summed E-state index contributed by atoms with van der Waals surface area (Å²) in [5.41, 5.74) is 2.75. The number of para-hydroxylation sites is 2. The second-order valence-corrected chi connectivity index (χ2v) is 8.65. The molecule has 4 aromatic rings. The number of nitrogens with one attached hydrogen (secondary N) is 2. The van der Waals surface area contributed by atoms with Crippen LogP contribution in [0.3, 0.4) is 0 Å². The summed E-state index contributed by atoms with van der Waals surface area (Å²) in [6.45, 7) is 0. The van der Waals surface area contributed by atoms with Crippen molar-refractivity contribution in [1.29, 1.82) is 0 Å². The molecule has 9 heteroatoms. The summed E-state index contributed by atoms with van der Waals surface area (Å²) in [5.74, 6) is 0.188. The lowest BCUT2D eigenvalue weighted by molar-refractivity contribution is -0.111. The minimum atomic E-state index is -3.85. The number of nitrogens with zero attached hydrogens (tertiary/aromatic N) is 2. The maximum absolute atomic E-state index is 12.7. The van der Waals surface area contributed by atoms with E-state index in [1.807, 2.05) is 24.3 Å². The zero-order valence-corrected chi connectivity index (χ0v) is 18.4. The number of methoxy groups -OCH3 is 1. The van der Waals surface area contributed by atoms with Gasteiger partial charge < -0.3 is 10.1 Å². The van der Waals surface area contributed by atoms with Crippen LogP contribution in [-0.2, 0) is 14.8 Å². The van der Waals surface area contributed by atoms with Crippen LogP contribution in [0.2, 0.25) is 0 Å². The van der Waals surface area contributed by atoms with Gasteiger partial charge in [-0.05, 0) is 60.7 Å². The summed E-state index contributed by atoms with van der Waals surface area (Å²) in [5, 5.41) is 2.66. The second kappa shape index (κ2) is 9.49. The number of anilines is 2. The topological polar surface area (TPSA) is 110 Å². The zero-order chi connectivity index (χ0) is 23.3. The molecule has 2 N–H and O–H groups in total. The molecule has 4 rings (SSSR count). The van der Waals surface area contributed by atoms with E-state index >= 15 is 0 Å². The van der Waals surface area contributed by atoms with Crippen LogP contribution in [0, 0.1) is 0 Å². The SMILES string of the molecule is COc1ccc(NS(=O)(=O)c2cccc(NC(=O)/C=C/c3cnc4ccccc4n3)c2)cc1. The van der Waals surface area contributed by atoms with Crippen molar-refractivity contribution in [1.82, 2.24) is 9.97 Å². The average Bonchev–Trinajstić information content (AvgIpc) is 2.83. The van der Waals surface area contributed by atoms with Gasteiger partial charge in [-0.15, -0.1) is 0 Å². The molecule has 0 bridgehead atoms. The Balaban J connectivity index is 1.45. The Morgan fingerprint density at radius 2 is 1.70 bits per heavy atom. The summed E-state index contributed by atoms with van der Waals surface area (Å²) in [6.07, 6.45) is 4.43. The Kier molecular flexibility index (Phi) is 6.32. The minimum absolute atomic E-state index is 0.0143. The lowest BCUT2D eigenvalue weighted by atomic mass is 10.3. The Morgan fingerprint density at radius 1 is 0.939 bits per heavy atom. The van der Waals surface area contributed by atoms with Gasteiger partial charge >= 0.3 is 0 Å². The molecule has 1 aromatic heterocycles. The standard InChI is InChI=1S/C24H20N4O4S/c1-32-20-12-9-17(10-13-20)28-33(30,31)21-6-4-5-18(15-21)27-24(29)14-11-19-16-25-22-7-2-3-8-23(22)26-19/h2-16,28H,1H3,(H,27,29)/b14-11+. The third-order valence-electron chi connectivity index (χ3n) is 4.63. The van der Waals surface area contributed by atoms with Crippen LogP contribution in [0.5, 0.6) is 5.75 Å². The first-order valence-electron chi connectivity index (χ1n) is 9.91. The monoisotopic (exact) mass is 460 g/mol.